The van der Waals surface area contributed by atoms with Gasteiger partial charge in [-0.1, -0.05) is 19.9 Å². The Bertz CT molecular complexity index is 384. The van der Waals surface area contributed by atoms with E-state index < -0.39 is 9.84 Å². The second kappa shape index (κ2) is 3.87. The van der Waals surface area contributed by atoms with Crippen molar-refractivity contribution in [3.63, 3.8) is 0 Å². The zero-order chi connectivity index (χ0) is 9.90. The average molecular weight is 199 g/mol. The zero-order valence-electron chi connectivity index (χ0n) is 7.82. The van der Waals surface area contributed by atoms with E-state index in [-0.39, 0.29) is 10.8 Å². The van der Waals surface area contributed by atoms with E-state index in [1.54, 1.807) is 13.0 Å². The van der Waals surface area contributed by atoms with E-state index in [0.717, 1.165) is 12.1 Å². The van der Waals surface area contributed by atoms with Gasteiger partial charge in [-0.2, -0.15) is 0 Å². The minimum Gasteiger partial charge on any atom is -0.241 e. The van der Waals surface area contributed by atoms with E-state index in [1.165, 1.54) is 6.07 Å². The number of pyridine rings is 1. The van der Waals surface area contributed by atoms with Crippen molar-refractivity contribution in [2.75, 3.05) is 5.75 Å². The van der Waals surface area contributed by atoms with Gasteiger partial charge in [0.1, 0.15) is 0 Å². The molecule has 4 heteroatoms. The number of hydrogen-bond acceptors (Lipinski definition) is 3. The summed E-state index contributed by atoms with van der Waals surface area (Å²) in [5, 5.41) is 0.189. The van der Waals surface area contributed by atoms with Crippen LogP contribution < -0.4 is 0 Å². The molecule has 0 aliphatic heterocycles. The highest BCUT2D eigenvalue weighted by Gasteiger charge is 2.12. The van der Waals surface area contributed by atoms with E-state index in [9.17, 15) is 8.42 Å². The van der Waals surface area contributed by atoms with Gasteiger partial charge in [-0.25, -0.2) is 13.4 Å². The van der Waals surface area contributed by atoms with E-state index in [2.05, 4.69) is 4.98 Å². The summed E-state index contributed by atoms with van der Waals surface area (Å²) in [6.45, 7) is 3.57. The summed E-state index contributed by atoms with van der Waals surface area (Å²) in [7, 11) is -3.14. The van der Waals surface area contributed by atoms with Crippen molar-refractivity contribution in [2.24, 2.45) is 0 Å². The van der Waals surface area contributed by atoms with Gasteiger partial charge in [-0.05, 0) is 18.6 Å². The molecule has 0 saturated heterocycles. The van der Waals surface area contributed by atoms with Gasteiger partial charge in [-0.3, -0.25) is 0 Å². The number of aryl methyl sites for hydroxylation is 1. The van der Waals surface area contributed by atoms with Crippen molar-refractivity contribution < 1.29 is 8.42 Å². The summed E-state index contributed by atoms with van der Waals surface area (Å²) in [4.78, 5) is 4.05. The van der Waals surface area contributed by atoms with Gasteiger partial charge in [0.2, 0.25) is 0 Å². The van der Waals surface area contributed by atoms with Gasteiger partial charge >= 0.3 is 0 Å². The molecule has 0 radical (unpaired) electrons. The normalized spacial score (nSPS) is 11.5. The molecule has 0 aliphatic rings. The van der Waals surface area contributed by atoms with Crippen LogP contribution in [0.3, 0.4) is 0 Å². The molecule has 0 aromatic carbocycles. The number of nitrogens with zero attached hydrogens (tertiary/aromatic N) is 1. The zero-order valence-corrected chi connectivity index (χ0v) is 8.63. The quantitative estimate of drug-likeness (QED) is 0.740. The van der Waals surface area contributed by atoms with Crippen LogP contribution in [0.25, 0.3) is 0 Å². The molecule has 1 aromatic heterocycles. The molecule has 3 nitrogen and oxygen atoms in total. The lowest BCUT2D eigenvalue weighted by Crippen LogP contribution is -2.07. The van der Waals surface area contributed by atoms with E-state index in [0.29, 0.717) is 0 Å². The summed E-state index contributed by atoms with van der Waals surface area (Å²) in [5.41, 5.74) is 0.814. The summed E-state index contributed by atoms with van der Waals surface area (Å²) >= 11 is 0. The number of hydrogen-bond donors (Lipinski definition) is 0. The molecular weight excluding hydrogens is 186 g/mol. The van der Waals surface area contributed by atoms with Crippen LogP contribution in [0.5, 0.6) is 0 Å². The van der Waals surface area contributed by atoms with Crippen LogP contribution in [-0.4, -0.2) is 19.2 Å². The number of rotatable bonds is 3. The molecule has 72 valence electrons. The monoisotopic (exact) mass is 199 g/mol. The maximum Gasteiger partial charge on any atom is 0.195 e. The van der Waals surface area contributed by atoms with Gasteiger partial charge in [-0.15, -0.1) is 0 Å². The summed E-state index contributed by atoms with van der Waals surface area (Å²) in [6.07, 6.45) is 0.757. The first-order valence-electron chi connectivity index (χ1n) is 4.29. The van der Waals surface area contributed by atoms with E-state index in [4.69, 9.17) is 0 Å². The summed E-state index contributed by atoms with van der Waals surface area (Å²) in [6, 6.07) is 5.10. The Morgan fingerprint density at radius 1 is 1.31 bits per heavy atom. The van der Waals surface area contributed by atoms with Crippen LogP contribution in [0.15, 0.2) is 23.2 Å². The predicted molar refractivity (Wildman–Crippen MR) is 51.3 cm³/mol. The lowest BCUT2D eigenvalue weighted by molar-refractivity contribution is 0.593. The third kappa shape index (κ3) is 2.28. The molecule has 1 rings (SSSR count). The summed E-state index contributed by atoms with van der Waals surface area (Å²) in [5.74, 6) is 0.104. The minimum absolute atomic E-state index is 0.104. The second-order valence-electron chi connectivity index (χ2n) is 2.72. The van der Waals surface area contributed by atoms with Gasteiger partial charge in [0.05, 0.1) is 5.75 Å². The third-order valence-electron chi connectivity index (χ3n) is 1.84. The maximum absolute atomic E-state index is 11.4. The largest absolute Gasteiger partial charge is 0.241 e. The molecule has 0 amide bonds. The van der Waals surface area contributed by atoms with Crippen molar-refractivity contribution in [3.05, 3.63) is 23.9 Å². The number of sulfone groups is 1. The molecule has 0 aliphatic carbocycles. The van der Waals surface area contributed by atoms with Crippen LogP contribution in [0.2, 0.25) is 0 Å². The van der Waals surface area contributed by atoms with Crippen LogP contribution in [0.4, 0.5) is 0 Å². The third-order valence-corrected chi connectivity index (χ3v) is 3.47. The second-order valence-corrected chi connectivity index (χ2v) is 4.95. The fourth-order valence-corrected chi connectivity index (χ4v) is 1.81. The molecule has 0 saturated carbocycles. The molecule has 13 heavy (non-hydrogen) atoms. The van der Waals surface area contributed by atoms with Gasteiger partial charge in [0.25, 0.3) is 0 Å². The molecule has 0 fully saturated rings. The summed E-state index contributed by atoms with van der Waals surface area (Å²) < 4.78 is 22.8. The van der Waals surface area contributed by atoms with Gasteiger partial charge in [0, 0.05) is 5.69 Å². The van der Waals surface area contributed by atoms with Crippen LogP contribution in [0.1, 0.15) is 19.5 Å². The van der Waals surface area contributed by atoms with Crippen LogP contribution >= 0.6 is 0 Å². The first-order valence-corrected chi connectivity index (χ1v) is 5.94. The Morgan fingerprint density at radius 2 is 2.00 bits per heavy atom. The van der Waals surface area contributed by atoms with Crippen molar-refractivity contribution in [1.29, 1.82) is 0 Å². The lowest BCUT2D eigenvalue weighted by atomic mass is 10.3. The van der Waals surface area contributed by atoms with Crippen LogP contribution in [-0.2, 0) is 16.3 Å². The highest BCUT2D eigenvalue weighted by Crippen LogP contribution is 2.08. The lowest BCUT2D eigenvalue weighted by Gasteiger charge is -2.01. The first-order chi connectivity index (χ1) is 6.10. The Kier molecular flexibility index (Phi) is 3.03. The van der Waals surface area contributed by atoms with Gasteiger partial charge < -0.3 is 0 Å². The molecule has 0 atom stereocenters. The molecule has 1 heterocycles. The fraction of sp³-hybridized carbons (Fsp3) is 0.444. The maximum atomic E-state index is 11.4. The fourth-order valence-electron chi connectivity index (χ4n) is 0.976. The highest BCUT2D eigenvalue weighted by atomic mass is 32.2. The molecule has 0 N–H and O–H groups in total. The standard InChI is InChI=1S/C9H13NO2S/c1-3-8-6-5-7-9(10-8)13(11,12)4-2/h5-7H,3-4H2,1-2H3. The smallest absolute Gasteiger partial charge is 0.195 e. The van der Waals surface area contributed by atoms with Crippen LogP contribution in [0, 0.1) is 0 Å². The van der Waals surface area contributed by atoms with Crippen molar-refractivity contribution in [1.82, 2.24) is 4.98 Å². The SMILES string of the molecule is CCc1cccc(S(=O)(=O)CC)n1. The molecule has 0 spiro atoms. The molecular formula is C9H13NO2S. The van der Waals surface area contributed by atoms with Crippen molar-refractivity contribution >= 4 is 9.84 Å². The predicted octanol–water partition coefficient (Wildman–Crippen LogP) is 1.44. The van der Waals surface area contributed by atoms with E-state index in [1.807, 2.05) is 13.0 Å². The Morgan fingerprint density at radius 3 is 2.54 bits per heavy atom. The minimum atomic E-state index is -3.14. The topological polar surface area (TPSA) is 47.0 Å². The van der Waals surface area contributed by atoms with Crippen molar-refractivity contribution in [3.8, 4) is 0 Å². The van der Waals surface area contributed by atoms with Crippen molar-refractivity contribution in [2.45, 2.75) is 25.3 Å². The number of aromatic nitrogens is 1. The van der Waals surface area contributed by atoms with E-state index >= 15 is 0 Å². The first kappa shape index (κ1) is 10.2. The van der Waals surface area contributed by atoms with Gasteiger partial charge in [0.15, 0.2) is 14.9 Å². The Balaban J connectivity index is 3.17. The Hall–Kier alpha value is -0.900. The highest BCUT2D eigenvalue weighted by molar-refractivity contribution is 7.91. The molecule has 0 unspecified atom stereocenters. The Labute approximate surface area is 78.7 Å². The molecule has 1 aromatic rings. The molecule has 0 bridgehead atoms. The average Bonchev–Trinajstić information content (AvgIpc) is 2.18.